The van der Waals surface area contributed by atoms with Gasteiger partial charge in [-0.05, 0) is 18.1 Å². The van der Waals surface area contributed by atoms with E-state index in [-0.39, 0.29) is 6.61 Å². The molecule has 3 nitrogen and oxygen atoms in total. The fraction of sp³-hybridized carbons (Fsp3) is 0.250. The molecule has 0 amide bonds. The van der Waals surface area contributed by atoms with Crippen molar-refractivity contribution < 1.29 is 14.0 Å². The molecule has 1 atom stereocenters. The Labute approximate surface area is 71.9 Å². The molecule has 0 radical (unpaired) electrons. The first-order valence-corrected chi connectivity index (χ1v) is 4.67. The molecule has 0 aliphatic rings. The van der Waals surface area contributed by atoms with Gasteiger partial charge in [0.05, 0.1) is 0 Å². The molecular formula is C8H10O3P+. The van der Waals surface area contributed by atoms with Crippen LogP contribution in [-0.4, -0.2) is 4.89 Å². The SMILES string of the molecule is Cc1ccccc1CO[P+](=O)O. The highest BCUT2D eigenvalue weighted by Crippen LogP contribution is 2.19. The number of hydrogen-bond donors (Lipinski definition) is 1. The summed E-state index contributed by atoms with van der Waals surface area (Å²) in [6.45, 7) is 2.13. The van der Waals surface area contributed by atoms with Crippen molar-refractivity contribution in [3.8, 4) is 0 Å². The summed E-state index contributed by atoms with van der Waals surface area (Å²) >= 11 is 0. The lowest BCUT2D eigenvalue weighted by Crippen LogP contribution is -1.88. The Balaban J connectivity index is 2.63. The van der Waals surface area contributed by atoms with Crippen LogP contribution in [0.2, 0.25) is 0 Å². The minimum absolute atomic E-state index is 0.193. The second-order valence-electron chi connectivity index (χ2n) is 2.44. The molecule has 0 bridgehead atoms. The number of aryl methyl sites for hydroxylation is 1. The van der Waals surface area contributed by atoms with Crippen LogP contribution in [0.3, 0.4) is 0 Å². The topological polar surface area (TPSA) is 46.5 Å². The third kappa shape index (κ3) is 2.70. The minimum Gasteiger partial charge on any atom is -0.133 e. The van der Waals surface area contributed by atoms with E-state index in [0.717, 1.165) is 11.1 Å². The molecule has 0 spiro atoms. The van der Waals surface area contributed by atoms with Gasteiger partial charge in [0.2, 0.25) is 0 Å². The lowest BCUT2D eigenvalue weighted by molar-refractivity contribution is 0.272. The quantitative estimate of drug-likeness (QED) is 0.734. The van der Waals surface area contributed by atoms with Gasteiger partial charge in [0.1, 0.15) is 6.61 Å². The van der Waals surface area contributed by atoms with Gasteiger partial charge in [-0.3, -0.25) is 0 Å². The average Bonchev–Trinajstić information content (AvgIpc) is 2.03. The molecule has 1 aromatic rings. The van der Waals surface area contributed by atoms with Gasteiger partial charge in [-0.15, -0.1) is 9.42 Å². The Morgan fingerprint density at radius 1 is 1.50 bits per heavy atom. The van der Waals surface area contributed by atoms with E-state index < -0.39 is 8.25 Å². The van der Waals surface area contributed by atoms with Crippen LogP contribution in [0.5, 0.6) is 0 Å². The van der Waals surface area contributed by atoms with E-state index in [0.29, 0.717) is 0 Å². The monoisotopic (exact) mass is 185 g/mol. The smallest absolute Gasteiger partial charge is 0.133 e. The molecule has 0 fully saturated rings. The zero-order valence-corrected chi connectivity index (χ0v) is 7.62. The third-order valence-electron chi connectivity index (χ3n) is 1.59. The standard InChI is InChI=1S/C8H9O3P/c1-7-4-2-3-5-8(7)6-11-12(9)10/h2-5H,6H2,1H3/p+1. The summed E-state index contributed by atoms with van der Waals surface area (Å²) in [5.41, 5.74) is 2.00. The van der Waals surface area contributed by atoms with E-state index in [1.165, 1.54) is 0 Å². The van der Waals surface area contributed by atoms with E-state index in [9.17, 15) is 4.57 Å². The van der Waals surface area contributed by atoms with Gasteiger partial charge in [0.15, 0.2) is 0 Å². The van der Waals surface area contributed by atoms with Crippen LogP contribution in [0, 0.1) is 6.92 Å². The molecule has 0 aliphatic carbocycles. The van der Waals surface area contributed by atoms with Gasteiger partial charge in [-0.2, -0.15) is 0 Å². The Hall–Kier alpha value is -0.760. The van der Waals surface area contributed by atoms with E-state index in [2.05, 4.69) is 4.52 Å². The van der Waals surface area contributed by atoms with Crippen molar-refractivity contribution in [1.82, 2.24) is 0 Å². The second-order valence-corrected chi connectivity index (χ2v) is 3.17. The van der Waals surface area contributed by atoms with Crippen LogP contribution < -0.4 is 0 Å². The summed E-state index contributed by atoms with van der Waals surface area (Å²) in [6.07, 6.45) is 0. The molecule has 64 valence electrons. The molecule has 1 N–H and O–H groups in total. The van der Waals surface area contributed by atoms with Crippen molar-refractivity contribution in [3.05, 3.63) is 35.4 Å². The molecule has 0 aliphatic heterocycles. The first-order chi connectivity index (χ1) is 5.70. The number of hydrogen-bond acceptors (Lipinski definition) is 2. The van der Waals surface area contributed by atoms with Crippen LogP contribution in [0.25, 0.3) is 0 Å². The van der Waals surface area contributed by atoms with Crippen molar-refractivity contribution in [2.24, 2.45) is 0 Å². The molecule has 1 rings (SSSR count). The molecule has 1 unspecified atom stereocenters. The fourth-order valence-corrected chi connectivity index (χ4v) is 1.15. The summed E-state index contributed by atoms with van der Waals surface area (Å²) in [5.74, 6) is 0. The normalized spacial score (nSPS) is 11.3. The summed E-state index contributed by atoms with van der Waals surface area (Å²) in [6, 6.07) is 7.59. The average molecular weight is 185 g/mol. The summed E-state index contributed by atoms with van der Waals surface area (Å²) < 4.78 is 14.8. The Bertz CT molecular complexity index is 285. The zero-order chi connectivity index (χ0) is 8.97. The highest BCUT2D eigenvalue weighted by molar-refractivity contribution is 7.32. The maximum Gasteiger partial charge on any atom is 0.695 e. The van der Waals surface area contributed by atoms with E-state index in [1.54, 1.807) is 0 Å². The largest absolute Gasteiger partial charge is 0.695 e. The van der Waals surface area contributed by atoms with Crippen LogP contribution in [0.4, 0.5) is 0 Å². The number of rotatable bonds is 3. The molecule has 0 heterocycles. The van der Waals surface area contributed by atoms with Gasteiger partial charge >= 0.3 is 8.25 Å². The van der Waals surface area contributed by atoms with E-state index >= 15 is 0 Å². The Kier molecular flexibility index (Phi) is 3.35. The first kappa shape index (κ1) is 9.33. The Morgan fingerprint density at radius 3 is 2.75 bits per heavy atom. The van der Waals surface area contributed by atoms with Crippen molar-refractivity contribution in [2.75, 3.05) is 0 Å². The molecule has 0 saturated carbocycles. The Morgan fingerprint density at radius 2 is 2.17 bits per heavy atom. The lowest BCUT2D eigenvalue weighted by atomic mass is 10.1. The first-order valence-electron chi connectivity index (χ1n) is 3.53. The predicted octanol–water partition coefficient (Wildman–Crippen LogP) is 2.16. The fourth-order valence-electron chi connectivity index (χ4n) is 0.897. The lowest BCUT2D eigenvalue weighted by Gasteiger charge is -1.98. The summed E-state index contributed by atoms with van der Waals surface area (Å²) in [5, 5.41) is 0. The molecule has 12 heavy (non-hydrogen) atoms. The highest BCUT2D eigenvalue weighted by atomic mass is 31.1. The van der Waals surface area contributed by atoms with Crippen LogP contribution in [-0.2, 0) is 15.7 Å². The van der Waals surface area contributed by atoms with Gasteiger partial charge in [-0.25, -0.2) is 0 Å². The van der Waals surface area contributed by atoms with Crippen molar-refractivity contribution in [1.29, 1.82) is 0 Å². The van der Waals surface area contributed by atoms with E-state index in [4.69, 9.17) is 4.89 Å². The number of benzene rings is 1. The third-order valence-corrected chi connectivity index (χ3v) is 1.94. The highest BCUT2D eigenvalue weighted by Gasteiger charge is 2.12. The summed E-state index contributed by atoms with van der Waals surface area (Å²) in [7, 11) is -2.49. The maximum atomic E-state index is 10.2. The van der Waals surface area contributed by atoms with Gasteiger partial charge in [0, 0.05) is 4.57 Å². The predicted molar refractivity (Wildman–Crippen MR) is 45.8 cm³/mol. The molecule has 1 aromatic carbocycles. The molecule has 4 heteroatoms. The van der Waals surface area contributed by atoms with Crippen LogP contribution in [0.1, 0.15) is 11.1 Å². The van der Waals surface area contributed by atoms with Crippen molar-refractivity contribution >= 4 is 8.25 Å². The molecule has 0 saturated heterocycles. The van der Waals surface area contributed by atoms with Crippen LogP contribution in [0.15, 0.2) is 24.3 Å². The summed E-state index contributed by atoms with van der Waals surface area (Å²) in [4.78, 5) is 8.39. The van der Waals surface area contributed by atoms with E-state index in [1.807, 2.05) is 31.2 Å². The maximum absolute atomic E-state index is 10.2. The minimum atomic E-state index is -2.49. The van der Waals surface area contributed by atoms with Gasteiger partial charge < -0.3 is 0 Å². The molecule has 0 aromatic heterocycles. The second kappa shape index (κ2) is 4.31. The van der Waals surface area contributed by atoms with Crippen LogP contribution >= 0.6 is 8.25 Å². The van der Waals surface area contributed by atoms with Crippen molar-refractivity contribution in [3.63, 3.8) is 0 Å². The van der Waals surface area contributed by atoms with Crippen molar-refractivity contribution in [2.45, 2.75) is 13.5 Å². The van der Waals surface area contributed by atoms with Gasteiger partial charge in [0.25, 0.3) is 0 Å². The molecular weight excluding hydrogens is 175 g/mol. The van der Waals surface area contributed by atoms with Gasteiger partial charge in [-0.1, -0.05) is 24.3 Å². The zero-order valence-electron chi connectivity index (χ0n) is 6.73.